The third-order valence-electron chi connectivity index (χ3n) is 13.3. The Morgan fingerprint density at radius 1 is 0.304 bits per heavy atom. The van der Waals surface area contributed by atoms with E-state index in [9.17, 15) is 5.11 Å². The number of alkyl halides is 1. The monoisotopic (exact) mass is 968 g/mol. The Hall–Kier alpha value is -6.74. The Labute approximate surface area is 413 Å². The van der Waals surface area contributed by atoms with Gasteiger partial charge in [-0.25, -0.2) is 0 Å². The molecule has 5 atom stereocenters. The van der Waals surface area contributed by atoms with Gasteiger partial charge in [0.2, 0.25) is 0 Å². The molecule has 0 spiro atoms. The topological polar surface area (TPSA) is 57.2 Å². The summed E-state index contributed by atoms with van der Waals surface area (Å²) in [7, 11) is 0. The number of benzene rings is 9. The quantitative estimate of drug-likeness (QED) is 0.0772. The van der Waals surface area contributed by atoms with E-state index in [0.29, 0.717) is 5.33 Å². The van der Waals surface area contributed by atoms with E-state index in [1.165, 1.54) is 0 Å². The zero-order chi connectivity index (χ0) is 46.9. The third-order valence-corrected chi connectivity index (χ3v) is 14.0. The number of hydrogen-bond acceptors (Lipinski definition) is 5. The summed E-state index contributed by atoms with van der Waals surface area (Å²) in [5.41, 5.74) is 4.17. The average Bonchev–Trinajstić information content (AvgIpc) is 3.44. The average molecular weight is 970 g/mol. The van der Waals surface area contributed by atoms with Crippen molar-refractivity contribution in [2.45, 2.75) is 47.5 Å². The molecule has 0 aromatic heterocycles. The van der Waals surface area contributed by atoms with Crippen molar-refractivity contribution in [2.75, 3.05) is 5.33 Å². The molecule has 5 nitrogen and oxygen atoms in total. The SMILES string of the molecule is O[C@@H]1O[C@H](CBr)[C@@H](OC(c2ccccc2)(c2ccccc2)c2ccccc2)[C@H](OC(c2ccccc2)(c2ccccc2)c2ccccc2)[C@H]1OC(c1ccccc1)(c1ccccc1)c1ccccc1. The van der Waals surface area contributed by atoms with Crippen molar-refractivity contribution in [3.05, 3.63) is 323 Å². The lowest BCUT2D eigenvalue weighted by Crippen LogP contribution is -2.65. The Morgan fingerprint density at radius 3 is 0.696 bits per heavy atom. The summed E-state index contributed by atoms with van der Waals surface area (Å²) in [6, 6.07) is 92.5. The van der Waals surface area contributed by atoms with Gasteiger partial charge >= 0.3 is 0 Å². The van der Waals surface area contributed by atoms with Gasteiger partial charge in [0, 0.05) is 5.33 Å². The van der Waals surface area contributed by atoms with Crippen molar-refractivity contribution in [1.82, 2.24) is 0 Å². The molecule has 9 aromatic rings. The number of hydrogen-bond donors (Lipinski definition) is 1. The van der Waals surface area contributed by atoms with Crippen molar-refractivity contribution in [2.24, 2.45) is 0 Å². The van der Waals surface area contributed by atoms with E-state index >= 15 is 0 Å². The lowest BCUT2D eigenvalue weighted by Gasteiger charge is -2.53. The molecule has 0 saturated carbocycles. The van der Waals surface area contributed by atoms with Crippen molar-refractivity contribution in [1.29, 1.82) is 0 Å². The van der Waals surface area contributed by atoms with Crippen LogP contribution in [-0.4, -0.2) is 41.1 Å². The van der Waals surface area contributed by atoms with Gasteiger partial charge < -0.3 is 24.1 Å². The lowest BCUT2D eigenvalue weighted by molar-refractivity contribution is -0.332. The van der Waals surface area contributed by atoms with Crippen LogP contribution in [0.2, 0.25) is 0 Å². The Bertz CT molecular complexity index is 2660. The first-order valence-corrected chi connectivity index (χ1v) is 24.6. The summed E-state index contributed by atoms with van der Waals surface area (Å²) >= 11 is 3.88. The van der Waals surface area contributed by atoms with Crippen LogP contribution in [0.25, 0.3) is 0 Å². The van der Waals surface area contributed by atoms with Gasteiger partial charge in [-0.1, -0.05) is 289 Å². The van der Waals surface area contributed by atoms with Crippen LogP contribution in [0.5, 0.6) is 0 Å². The lowest BCUT2D eigenvalue weighted by atomic mass is 9.78. The molecule has 0 radical (unpaired) electrons. The molecule has 9 aromatic carbocycles. The normalized spacial score (nSPS) is 18.6. The second kappa shape index (κ2) is 20.9. The molecule has 0 aliphatic carbocycles. The minimum Gasteiger partial charge on any atom is -0.366 e. The van der Waals surface area contributed by atoms with E-state index < -0.39 is 47.5 Å². The molecule has 1 aliphatic rings. The molecule has 342 valence electrons. The van der Waals surface area contributed by atoms with Crippen LogP contribution in [0.3, 0.4) is 0 Å². The number of aliphatic hydroxyl groups is 1. The molecule has 69 heavy (non-hydrogen) atoms. The highest BCUT2D eigenvalue weighted by atomic mass is 79.9. The smallest absolute Gasteiger partial charge is 0.184 e. The van der Waals surface area contributed by atoms with Crippen molar-refractivity contribution >= 4 is 15.9 Å². The first-order valence-electron chi connectivity index (χ1n) is 23.5. The molecule has 6 heteroatoms. The highest BCUT2D eigenvalue weighted by Gasteiger charge is 2.57. The van der Waals surface area contributed by atoms with Gasteiger partial charge in [0.15, 0.2) is 6.29 Å². The zero-order valence-corrected chi connectivity index (χ0v) is 39.6. The zero-order valence-electron chi connectivity index (χ0n) is 38.0. The van der Waals surface area contributed by atoms with Gasteiger partial charge in [-0.2, -0.15) is 0 Å². The molecule has 0 unspecified atom stereocenters. The van der Waals surface area contributed by atoms with Crippen LogP contribution in [0.15, 0.2) is 273 Å². The van der Waals surface area contributed by atoms with Gasteiger partial charge in [0.1, 0.15) is 35.1 Å². The van der Waals surface area contributed by atoms with Gasteiger partial charge in [-0.05, 0) is 50.1 Å². The van der Waals surface area contributed by atoms with E-state index in [1.807, 2.05) is 164 Å². The summed E-state index contributed by atoms with van der Waals surface area (Å²) in [4.78, 5) is 0. The Morgan fingerprint density at radius 2 is 0.493 bits per heavy atom. The van der Waals surface area contributed by atoms with Gasteiger partial charge in [0.05, 0.1) is 6.10 Å². The van der Waals surface area contributed by atoms with E-state index in [4.69, 9.17) is 18.9 Å². The highest BCUT2D eigenvalue weighted by Crippen LogP contribution is 2.50. The number of rotatable bonds is 16. The first kappa shape index (κ1) is 46.0. The van der Waals surface area contributed by atoms with Crippen LogP contribution in [-0.2, 0) is 35.8 Å². The van der Waals surface area contributed by atoms with Crippen LogP contribution >= 0.6 is 15.9 Å². The summed E-state index contributed by atoms with van der Waals surface area (Å²) in [5, 5.41) is 13.3. The molecule has 0 bridgehead atoms. The van der Waals surface area contributed by atoms with Crippen LogP contribution in [0, 0.1) is 0 Å². The molecule has 0 amide bonds. The van der Waals surface area contributed by atoms with E-state index in [0.717, 1.165) is 50.1 Å². The largest absolute Gasteiger partial charge is 0.366 e. The molecule has 1 heterocycles. The summed E-state index contributed by atoms with van der Waals surface area (Å²) in [5.74, 6) is 0. The summed E-state index contributed by atoms with van der Waals surface area (Å²) in [6.45, 7) is 0. The fourth-order valence-corrected chi connectivity index (χ4v) is 10.7. The van der Waals surface area contributed by atoms with Gasteiger partial charge in [-0.15, -0.1) is 0 Å². The molecule has 1 fully saturated rings. The number of halogens is 1. The van der Waals surface area contributed by atoms with Crippen LogP contribution in [0.4, 0.5) is 0 Å². The predicted molar refractivity (Wildman–Crippen MR) is 277 cm³/mol. The van der Waals surface area contributed by atoms with Crippen LogP contribution < -0.4 is 0 Å². The fourth-order valence-electron chi connectivity index (χ4n) is 10.2. The Kier molecular flexibility index (Phi) is 13.9. The third kappa shape index (κ3) is 8.81. The van der Waals surface area contributed by atoms with Crippen molar-refractivity contribution in [3.8, 4) is 0 Å². The number of aliphatic hydroxyl groups excluding tert-OH is 1. The second-order valence-corrected chi connectivity index (χ2v) is 18.0. The second-order valence-electron chi connectivity index (χ2n) is 17.3. The van der Waals surface area contributed by atoms with Crippen molar-refractivity contribution < 1.29 is 24.1 Å². The standard InChI is InChI=1S/C63H53BrO5/c64-46-56-57(67-61(47-28-10-1-11-29-47,48-30-12-2-13-31-48)49-32-14-3-15-33-49)58(68-62(50-34-16-4-17-35-50,51-36-18-5-19-37-51)52-38-20-6-21-39-52)59(60(65)66-56)69-63(53-40-22-7-23-41-53,54-42-24-8-25-43-54)55-44-26-9-27-45-55/h1-45,56-60,65H,46H2/t56-,57-,58+,59-,60-/m1/s1. The van der Waals surface area contributed by atoms with Crippen LogP contribution in [0.1, 0.15) is 50.1 Å². The summed E-state index contributed by atoms with van der Waals surface area (Å²) in [6.07, 6.45) is -5.48. The predicted octanol–water partition coefficient (Wildman–Crippen LogP) is 13.2. The first-order chi connectivity index (χ1) is 34.1. The highest BCUT2D eigenvalue weighted by molar-refractivity contribution is 9.09. The maximum Gasteiger partial charge on any atom is 0.184 e. The Balaban J connectivity index is 1.29. The maximum absolute atomic E-state index is 13.0. The fraction of sp³-hybridized carbons (Fsp3) is 0.143. The van der Waals surface area contributed by atoms with Crippen molar-refractivity contribution in [3.63, 3.8) is 0 Å². The molecule has 1 aliphatic heterocycles. The van der Waals surface area contributed by atoms with E-state index in [-0.39, 0.29) is 0 Å². The molecule has 1 saturated heterocycles. The minimum atomic E-state index is -1.51. The van der Waals surface area contributed by atoms with Gasteiger partial charge in [-0.3, -0.25) is 0 Å². The van der Waals surface area contributed by atoms with E-state index in [2.05, 4.69) is 125 Å². The van der Waals surface area contributed by atoms with Gasteiger partial charge in [0.25, 0.3) is 0 Å². The van der Waals surface area contributed by atoms with E-state index in [1.54, 1.807) is 0 Å². The summed E-state index contributed by atoms with van der Waals surface area (Å²) < 4.78 is 31.3. The molecular weight excluding hydrogens is 917 g/mol. The molecule has 10 rings (SSSR count). The molecular formula is C63H53BrO5. The number of ether oxygens (including phenoxy) is 4. The minimum absolute atomic E-state index is 0.298. The molecule has 1 N–H and O–H groups in total. The maximum atomic E-state index is 13.0.